The molecule has 0 bridgehead atoms. The van der Waals surface area contributed by atoms with Crippen molar-refractivity contribution in [3.8, 4) is 6.07 Å². The van der Waals surface area contributed by atoms with Crippen molar-refractivity contribution in [1.82, 2.24) is 5.32 Å². The SMILES string of the molecule is Cc1cccc(NC(=O)CSCC(=O)NC2(C#N)CCCCC2)c1. The molecule has 0 heterocycles. The first-order chi connectivity index (χ1) is 11.5. The lowest BCUT2D eigenvalue weighted by molar-refractivity contribution is -0.120. The van der Waals surface area contributed by atoms with Gasteiger partial charge in [-0.25, -0.2) is 0 Å². The minimum absolute atomic E-state index is 0.133. The fraction of sp³-hybridized carbons (Fsp3) is 0.500. The van der Waals surface area contributed by atoms with Crippen molar-refractivity contribution < 1.29 is 9.59 Å². The van der Waals surface area contributed by atoms with Crippen molar-refractivity contribution >= 4 is 29.3 Å². The molecule has 1 aromatic rings. The lowest BCUT2D eigenvalue weighted by Gasteiger charge is -2.31. The van der Waals surface area contributed by atoms with Gasteiger partial charge in [-0.1, -0.05) is 31.4 Å². The van der Waals surface area contributed by atoms with Crippen LogP contribution in [-0.2, 0) is 9.59 Å². The average Bonchev–Trinajstić information content (AvgIpc) is 2.55. The number of nitriles is 1. The number of amides is 2. The fourth-order valence-electron chi connectivity index (χ4n) is 2.88. The normalized spacial score (nSPS) is 16.0. The van der Waals surface area contributed by atoms with Gasteiger partial charge in [0.15, 0.2) is 0 Å². The molecule has 2 rings (SSSR count). The number of carbonyl (C=O) groups excluding carboxylic acids is 2. The monoisotopic (exact) mass is 345 g/mol. The van der Waals surface area contributed by atoms with Crippen LogP contribution in [0.4, 0.5) is 5.69 Å². The van der Waals surface area contributed by atoms with Gasteiger partial charge in [-0.2, -0.15) is 5.26 Å². The van der Waals surface area contributed by atoms with E-state index in [1.54, 1.807) is 0 Å². The van der Waals surface area contributed by atoms with Gasteiger partial charge in [-0.15, -0.1) is 11.8 Å². The Morgan fingerprint density at radius 1 is 1.21 bits per heavy atom. The summed E-state index contributed by atoms with van der Waals surface area (Å²) in [6.45, 7) is 1.96. The zero-order chi connectivity index (χ0) is 17.4. The molecule has 0 spiro atoms. The molecule has 0 radical (unpaired) electrons. The number of thioether (sulfide) groups is 1. The van der Waals surface area contributed by atoms with Gasteiger partial charge in [0, 0.05) is 5.69 Å². The number of nitrogens with zero attached hydrogens (tertiary/aromatic N) is 1. The van der Waals surface area contributed by atoms with Crippen molar-refractivity contribution in [2.24, 2.45) is 0 Å². The smallest absolute Gasteiger partial charge is 0.234 e. The van der Waals surface area contributed by atoms with Crippen LogP contribution >= 0.6 is 11.8 Å². The van der Waals surface area contributed by atoms with Gasteiger partial charge < -0.3 is 10.6 Å². The van der Waals surface area contributed by atoms with Crippen molar-refractivity contribution in [2.45, 2.75) is 44.6 Å². The maximum Gasteiger partial charge on any atom is 0.234 e. The summed E-state index contributed by atoms with van der Waals surface area (Å²) in [5.41, 5.74) is 1.13. The van der Waals surface area contributed by atoms with Crippen LogP contribution in [0, 0.1) is 18.3 Å². The van der Waals surface area contributed by atoms with E-state index in [0.29, 0.717) is 12.8 Å². The first-order valence-corrected chi connectivity index (χ1v) is 9.35. The molecule has 0 saturated heterocycles. The molecular formula is C18H23N3O2S. The molecule has 1 aromatic carbocycles. The van der Waals surface area contributed by atoms with Gasteiger partial charge in [0.2, 0.25) is 11.8 Å². The maximum atomic E-state index is 12.0. The Hall–Kier alpha value is -2.00. The summed E-state index contributed by atoms with van der Waals surface area (Å²) in [5.74, 6) is 0.0869. The van der Waals surface area contributed by atoms with Gasteiger partial charge in [0.05, 0.1) is 17.6 Å². The molecule has 5 nitrogen and oxygen atoms in total. The standard InChI is InChI=1S/C18H23N3O2S/c1-14-6-5-7-15(10-14)20-16(22)11-24-12-17(23)21-18(13-19)8-3-2-4-9-18/h5-7,10H,2-4,8-9,11-12H2,1H3,(H,20,22)(H,21,23). The van der Waals surface area contributed by atoms with Crippen LogP contribution in [0.3, 0.4) is 0 Å². The van der Waals surface area contributed by atoms with Crippen molar-refractivity contribution in [1.29, 1.82) is 5.26 Å². The van der Waals surface area contributed by atoms with Crippen LogP contribution in [0.25, 0.3) is 0 Å². The van der Waals surface area contributed by atoms with E-state index in [9.17, 15) is 14.9 Å². The third-order valence-electron chi connectivity index (χ3n) is 4.07. The molecule has 0 atom stereocenters. The van der Waals surface area contributed by atoms with Crippen molar-refractivity contribution in [2.75, 3.05) is 16.8 Å². The number of carbonyl (C=O) groups is 2. The van der Waals surface area contributed by atoms with Crippen LogP contribution in [0.2, 0.25) is 0 Å². The summed E-state index contributed by atoms with van der Waals surface area (Å²) in [5, 5.41) is 15.0. The quantitative estimate of drug-likeness (QED) is 0.830. The van der Waals surface area contributed by atoms with E-state index in [0.717, 1.165) is 30.5 Å². The highest BCUT2D eigenvalue weighted by atomic mass is 32.2. The van der Waals surface area contributed by atoms with E-state index < -0.39 is 5.54 Å². The molecule has 1 saturated carbocycles. The predicted molar refractivity (Wildman–Crippen MR) is 96.7 cm³/mol. The van der Waals surface area contributed by atoms with Gasteiger partial charge >= 0.3 is 0 Å². The second-order valence-corrected chi connectivity index (χ2v) is 7.20. The molecule has 6 heteroatoms. The summed E-state index contributed by atoms with van der Waals surface area (Å²) in [6.07, 6.45) is 4.49. The second-order valence-electron chi connectivity index (χ2n) is 6.21. The number of aryl methyl sites for hydroxylation is 1. The largest absolute Gasteiger partial charge is 0.337 e. The van der Waals surface area contributed by atoms with E-state index in [2.05, 4.69) is 16.7 Å². The first kappa shape index (κ1) is 18.3. The Morgan fingerprint density at radius 3 is 2.58 bits per heavy atom. The molecule has 1 fully saturated rings. The number of hydrogen-bond donors (Lipinski definition) is 2. The van der Waals surface area contributed by atoms with Gasteiger partial charge in [-0.3, -0.25) is 9.59 Å². The Morgan fingerprint density at radius 2 is 1.92 bits per heavy atom. The number of nitrogens with one attached hydrogen (secondary N) is 2. The highest BCUT2D eigenvalue weighted by molar-refractivity contribution is 8.00. The third-order valence-corrected chi connectivity index (χ3v) is 5.00. The summed E-state index contributed by atoms with van der Waals surface area (Å²) >= 11 is 1.26. The molecule has 128 valence electrons. The topological polar surface area (TPSA) is 82.0 Å². The minimum atomic E-state index is -0.709. The van der Waals surface area contributed by atoms with Gasteiger partial charge in [-0.05, 0) is 37.5 Å². The second kappa shape index (κ2) is 8.74. The van der Waals surface area contributed by atoms with Crippen LogP contribution in [0.15, 0.2) is 24.3 Å². The van der Waals surface area contributed by atoms with Crippen molar-refractivity contribution in [3.05, 3.63) is 29.8 Å². The number of hydrogen-bond acceptors (Lipinski definition) is 4. The van der Waals surface area contributed by atoms with E-state index >= 15 is 0 Å². The molecule has 0 aliphatic heterocycles. The molecular weight excluding hydrogens is 322 g/mol. The Bertz CT molecular complexity index is 633. The highest BCUT2D eigenvalue weighted by Crippen LogP contribution is 2.27. The van der Waals surface area contributed by atoms with Crippen LogP contribution in [0.1, 0.15) is 37.7 Å². The summed E-state index contributed by atoms with van der Waals surface area (Å²) in [6, 6.07) is 9.85. The van der Waals surface area contributed by atoms with E-state index in [1.807, 2.05) is 31.2 Å². The third kappa shape index (κ3) is 5.57. The number of rotatable bonds is 6. The molecule has 0 aromatic heterocycles. The zero-order valence-corrected chi connectivity index (χ0v) is 14.7. The Kier molecular flexibility index (Phi) is 6.68. The van der Waals surface area contributed by atoms with E-state index in [1.165, 1.54) is 11.8 Å². The van der Waals surface area contributed by atoms with Gasteiger partial charge in [0.25, 0.3) is 0 Å². The lowest BCUT2D eigenvalue weighted by Crippen LogP contribution is -2.49. The van der Waals surface area contributed by atoms with Crippen molar-refractivity contribution in [3.63, 3.8) is 0 Å². The molecule has 2 N–H and O–H groups in total. The average molecular weight is 345 g/mol. The fourth-order valence-corrected chi connectivity index (χ4v) is 3.50. The van der Waals surface area contributed by atoms with E-state index in [4.69, 9.17) is 0 Å². The molecule has 1 aliphatic rings. The lowest BCUT2D eigenvalue weighted by atomic mass is 9.83. The number of benzene rings is 1. The summed E-state index contributed by atoms with van der Waals surface area (Å²) in [4.78, 5) is 23.9. The highest BCUT2D eigenvalue weighted by Gasteiger charge is 2.33. The van der Waals surface area contributed by atoms with Crippen LogP contribution < -0.4 is 10.6 Å². The Labute approximate surface area is 147 Å². The molecule has 1 aliphatic carbocycles. The molecule has 2 amide bonds. The van der Waals surface area contributed by atoms with Gasteiger partial charge in [0.1, 0.15) is 5.54 Å². The first-order valence-electron chi connectivity index (χ1n) is 8.19. The zero-order valence-electron chi connectivity index (χ0n) is 13.9. The number of anilines is 1. The molecule has 24 heavy (non-hydrogen) atoms. The van der Waals surface area contributed by atoms with Crippen LogP contribution in [0.5, 0.6) is 0 Å². The summed E-state index contributed by atoms with van der Waals surface area (Å²) in [7, 11) is 0. The Balaban J connectivity index is 1.72. The summed E-state index contributed by atoms with van der Waals surface area (Å²) < 4.78 is 0. The minimum Gasteiger partial charge on any atom is -0.337 e. The maximum absolute atomic E-state index is 12.0. The molecule has 0 unspecified atom stereocenters. The predicted octanol–water partition coefficient (Wildman–Crippen LogP) is 3.01. The van der Waals surface area contributed by atoms with E-state index in [-0.39, 0.29) is 23.3 Å². The van der Waals surface area contributed by atoms with Crippen LogP contribution in [-0.4, -0.2) is 28.9 Å².